The van der Waals surface area contributed by atoms with Gasteiger partial charge in [-0.1, -0.05) is 60.6 Å². The van der Waals surface area contributed by atoms with Crippen molar-refractivity contribution in [3.05, 3.63) is 76.1 Å². The second kappa shape index (κ2) is 9.52. The van der Waals surface area contributed by atoms with Gasteiger partial charge in [0.25, 0.3) is 0 Å². The molecular formula is C20H19ClN4O2S. The zero-order chi connectivity index (χ0) is 19.9. The number of thioether (sulfide) groups is 1. The summed E-state index contributed by atoms with van der Waals surface area (Å²) in [5, 5.41) is 23.7. The fourth-order valence-corrected chi connectivity index (χ4v) is 3.52. The number of carboxylic acid groups (broad SMARTS) is 1. The minimum atomic E-state index is -0.989. The fourth-order valence-electron chi connectivity index (χ4n) is 2.53. The molecule has 0 saturated heterocycles. The van der Waals surface area contributed by atoms with Crippen molar-refractivity contribution in [3.63, 3.8) is 0 Å². The van der Waals surface area contributed by atoms with Crippen LogP contribution in [0, 0.1) is 0 Å². The summed E-state index contributed by atoms with van der Waals surface area (Å²) < 4.78 is 1.68. The summed E-state index contributed by atoms with van der Waals surface area (Å²) in [7, 11) is 0. The third-order valence-corrected chi connectivity index (χ3v) is 5.18. The van der Waals surface area contributed by atoms with Crippen LogP contribution in [0.2, 0.25) is 5.02 Å². The van der Waals surface area contributed by atoms with E-state index in [4.69, 9.17) is 11.6 Å². The van der Waals surface area contributed by atoms with Gasteiger partial charge in [0.1, 0.15) is 0 Å². The van der Waals surface area contributed by atoms with Crippen LogP contribution in [0.4, 0.5) is 0 Å². The number of aryl methyl sites for hydroxylation is 1. The Morgan fingerprint density at radius 2 is 1.96 bits per heavy atom. The SMILES string of the molecule is CCCc1nnc(SCc2ccc(Cl)cc2)n1/N=C\c1ccccc1C(=O)O. The molecule has 0 unspecified atom stereocenters. The number of hydrogen-bond acceptors (Lipinski definition) is 5. The van der Waals surface area contributed by atoms with Crippen LogP contribution in [0.25, 0.3) is 0 Å². The van der Waals surface area contributed by atoms with E-state index in [0.717, 1.165) is 24.2 Å². The molecule has 8 heteroatoms. The Bertz CT molecular complexity index is 986. The Morgan fingerprint density at radius 3 is 2.68 bits per heavy atom. The smallest absolute Gasteiger partial charge is 0.336 e. The van der Waals surface area contributed by atoms with E-state index in [1.165, 1.54) is 11.8 Å². The first-order valence-corrected chi connectivity index (χ1v) is 10.1. The molecule has 0 amide bonds. The summed E-state index contributed by atoms with van der Waals surface area (Å²) in [4.78, 5) is 11.4. The minimum Gasteiger partial charge on any atom is -0.478 e. The number of halogens is 1. The number of nitrogens with zero attached hydrogens (tertiary/aromatic N) is 4. The molecule has 144 valence electrons. The molecule has 0 aliphatic heterocycles. The van der Waals surface area contributed by atoms with Crippen LogP contribution in [0.15, 0.2) is 58.8 Å². The number of rotatable bonds is 8. The van der Waals surface area contributed by atoms with E-state index in [9.17, 15) is 9.90 Å². The van der Waals surface area contributed by atoms with E-state index < -0.39 is 5.97 Å². The molecule has 0 saturated carbocycles. The van der Waals surface area contributed by atoms with E-state index in [1.54, 1.807) is 35.2 Å². The zero-order valence-electron chi connectivity index (χ0n) is 15.2. The molecule has 28 heavy (non-hydrogen) atoms. The highest BCUT2D eigenvalue weighted by Crippen LogP contribution is 2.23. The van der Waals surface area contributed by atoms with Gasteiger partial charge in [0.05, 0.1) is 11.8 Å². The predicted octanol–water partition coefficient (Wildman–Crippen LogP) is 4.76. The highest BCUT2D eigenvalue weighted by Gasteiger charge is 2.13. The molecular weight excluding hydrogens is 396 g/mol. The van der Waals surface area contributed by atoms with Crippen LogP contribution in [0.5, 0.6) is 0 Å². The maximum Gasteiger partial charge on any atom is 0.336 e. The first kappa shape index (κ1) is 20.1. The van der Waals surface area contributed by atoms with Gasteiger partial charge in [0.2, 0.25) is 5.16 Å². The van der Waals surface area contributed by atoms with Crippen LogP contribution in [0.1, 0.15) is 40.7 Å². The Balaban J connectivity index is 1.85. The standard InChI is InChI=1S/C20H19ClN4O2S/c1-2-5-18-23-24-20(28-13-14-8-10-16(21)11-9-14)25(18)22-12-15-6-3-4-7-17(15)19(26)27/h3-4,6-12H,2,5,13H2,1H3,(H,26,27)/b22-12-. The molecule has 2 aromatic carbocycles. The van der Waals surface area contributed by atoms with Gasteiger partial charge < -0.3 is 5.11 Å². The van der Waals surface area contributed by atoms with Gasteiger partial charge in [-0.2, -0.15) is 9.78 Å². The van der Waals surface area contributed by atoms with E-state index in [1.807, 2.05) is 24.3 Å². The molecule has 0 radical (unpaired) electrons. The number of carboxylic acids is 1. The maximum absolute atomic E-state index is 11.4. The average Bonchev–Trinajstić information content (AvgIpc) is 3.08. The second-order valence-corrected chi connectivity index (χ2v) is 7.39. The molecule has 0 bridgehead atoms. The molecule has 3 rings (SSSR count). The Hall–Kier alpha value is -2.64. The lowest BCUT2D eigenvalue weighted by atomic mass is 10.1. The largest absolute Gasteiger partial charge is 0.478 e. The normalized spacial score (nSPS) is 11.2. The summed E-state index contributed by atoms with van der Waals surface area (Å²) in [5.74, 6) is 0.449. The molecule has 1 heterocycles. The predicted molar refractivity (Wildman–Crippen MR) is 111 cm³/mol. The van der Waals surface area contributed by atoms with Gasteiger partial charge in [-0.3, -0.25) is 0 Å². The van der Waals surface area contributed by atoms with Gasteiger partial charge in [0.15, 0.2) is 5.82 Å². The first-order valence-electron chi connectivity index (χ1n) is 8.76. The van der Waals surface area contributed by atoms with Gasteiger partial charge in [-0.25, -0.2) is 4.79 Å². The Morgan fingerprint density at radius 1 is 1.21 bits per heavy atom. The quantitative estimate of drug-likeness (QED) is 0.424. The number of aromatic carboxylic acids is 1. The number of carbonyl (C=O) groups is 1. The fraction of sp³-hybridized carbons (Fsp3) is 0.200. The van der Waals surface area contributed by atoms with Gasteiger partial charge >= 0.3 is 5.97 Å². The van der Waals surface area contributed by atoms with Crippen LogP contribution < -0.4 is 0 Å². The zero-order valence-corrected chi connectivity index (χ0v) is 16.8. The van der Waals surface area contributed by atoms with Crippen molar-refractivity contribution in [1.82, 2.24) is 14.9 Å². The average molecular weight is 415 g/mol. The van der Waals surface area contributed by atoms with Crippen molar-refractivity contribution >= 4 is 35.5 Å². The summed E-state index contributed by atoms with van der Waals surface area (Å²) in [6, 6.07) is 14.4. The van der Waals surface area contributed by atoms with Gasteiger partial charge in [0, 0.05) is 22.8 Å². The van der Waals surface area contributed by atoms with E-state index in [2.05, 4.69) is 22.2 Å². The molecule has 1 N–H and O–H groups in total. The third-order valence-electron chi connectivity index (χ3n) is 3.93. The van der Waals surface area contributed by atoms with E-state index >= 15 is 0 Å². The Kier molecular flexibility index (Phi) is 6.84. The van der Waals surface area contributed by atoms with Crippen molar-refractivity contribution in [1.29, 1.82) is 0 Å². The summed E-state index contributed by atoms with van der Waals surface area (Å²) in [5.41, 5.74) is 1.84. The second-order valence-electron chi connectivity index (χ2n) is 6.01. The van der Waals surface area contributed by atoms with Gasteiger partial charge in [-0.05, 0) is 30.2 Å². The molecule has 1 aromatic heterocycles. The maximum atomic E-state index is 11.4. The van der Waals surface area contributed by atoms with Gasteiger partial charge in [-0.15, -0.1) is 10.2 Å². The molecule has 0 spiro atoms. The minimum absolute atomic E-state index is 0.201. The molecule has 0 fully saturated rings. The van der Waals surface area contributed by atoms with Crippen LogP contribution in [-0.4, -0.2) is 32.2 Å². The molecule has 0 atom stereocenters. The van der Waals surface area contributed by atoms with Crippen LogP contribution in [-0.2, 0) is 12.2 Å². The molecule has 3 aromatic rings. The molecule has 0 aliphatic rings. The summed E-state index contributed by atoms with van der Waals surface area (Å²) in [6.45, 7) is 2.06. The summed E-state index contributed by atoms with van der Waals surface area (Å²) >= 11 is 7.45. The first-order chi connectivity index (χ1) is 13.6. The van der Waals surface area contributed by atoms with Crippen LogP contribution >= 0.6 is 23.4 Å². The van der Waals surface area contributed by atoms with E-state index in [-0.39, 0.29) is 5.56 Å². The van der Waals surface area contributed by atoms with Crippen molar-refractivity contribution in [2.75, 3.05) is 0 Å². The highest BCUT2D eigenvalue weighted by molar-refractivity contribution is 7.98. The van der Waals surface area contributed by atoms with Crippen molar-refractivity contribution in [2.45, 2.75) is 30.7 Å². The van der Waals surface area contributed by atoms with Crippen molar-refractivity contribution < 1.29 is 9.90 Å². The number of hydrogen-bond donors (Lipinski definition) is 1. The van der Waals surface area contributed by atoms with Crippen LogP contribution in [0.3, 0.4) is 0 Å². The van der Waals surface area contributed by atoms with Crippen molar-refractivity contribution in [3.8, 4) is 0 Å². The van der Waals surface area contributed by atoms with E-state index in [0.29, 0.717) is 21.5 Å². The molecule has 0 aliphatic carbocycles. The number of benzene rings is 2. The lowest BCUT2D eigenvalue weighted by Gasteiger charge is -2.05. The topological polar surface area (TPSA) is 80.4 Å². The lowest BCUT2D eigenvalue weighted by molar-refractivity contribution is 0.0696. The number of aromatic nitrogens is 3. The lowest BCUT2D eigenvalue weighted by Crippen LogP contribution is -2.04. The molecule has 6 nitrogen and oxygen atoms in total. The third kappa shape index (κ3) is 4.99. The Labute approximate surface area is 172 Å². The monoisotopic (exact) mass is 414 g/mol. The highest BCUT2D eigenvalue weighted by atomic mass is 35.5. The van der Waals surface area contributed by atoms with Crippen molar-refractivity contribution in [2.24, 2.45) is 5.10 Å². The summed E-state index contributed by atoms with van der Waals surface area (Å²) in [6.07, 6.45) is 3.17.